The summed E-state index contributed by atoms with van der Waals surface area (Å²) in [5.74, 6) is 0.971. The first-order valence-electron chi connectivity index (χ1n) is 14.6. The number of anilines is 1. The van der Waals surface area contributed by atoms with Crippen LogP contribution in [0.2, 0.25) is 0 Å². The zero-order valence-corrected chi connectivity index (χ0v) is 25.6. The average molecular weight is 560 g/mol. The van der Waals surface area contributed by atoms with Crippen molar-refractivity contribution >= 4 is 17.1 Å². The maximum atomic E-state index is 9.11. The van der Waals surface area contributed by atoms with Gasteiger partial charge < -0.3 is 25.8 Å². The van der Waals surface area contributed by atoms with Crippen LogP contribution in [0.15, 0.2) is 77.1 Å². The van der Waals surface area contributed by atoms with E-state index in [1.807, 2.05) is 39.2 Å². The first-order chi connectivity index (χ1) is 19.9. The van der Waals surface area contributed by atoms with Gasteiger partial charge in [-0.2, -0.15) is 5.26 Å². The molecule has 7 nitrogen and oxygen atoms in total. The van der Waals surface area contributed by atoms with E-state index >= 15 is 0 Å². The highest BCUT2D eigenvalue weighted by Crippen LogP contribution is 2.31. The summed E-state index contributed by atoms with van der Waals surface area (Å²) in [6.07, 6.45) is 15.5. The number of nitrogens with zero attached hydrogens (tertiary/aromatic N) is 3. The van der Waals surface area contributed by atoms with E-state index in [2.05, 4.69) is 39.5 Å². The Balaban J connectivity index is 0.000000372. The monoisotopic (exact) mass is 559 g/mol. The number of allylic oxidation sites excluding steroid dienone is 2. The van der Waals surface area contributed by atoms with Crippen LogP contribution < -0.4 is 11.1 Å². The van der Waals surface area contributed by atoms with Crippen molar-refractivity contribution in [2.45, 2.75) is 70.9 Å². The highest BCUT2D eigenvalue weighted by molar-refractivity contribution is 6.06. The van der Waals surface area contributed by atoms with Crippen molar-refractivity contribution in [3.63, 3.8) is 0 Å². The molecule has 2 fully saturated rings. The predicted octanol–water partition coefficient (Wildman–Crippen LogP) is 6.92. The minimum atomic E-state index is -0.291. The number of nitrogens with one attached hydrogen (secondary N) is 1. The second-order valence-electron chi connectivity index (χ2n) is 10.8. The minimum absolute atomic E-state index is 0.291. The van der Waals surface area contributed by atoms with Gasteiger partial charge in [0.15, 0.2) is 0 Å². The molecule has 2 aliphatic rings. The first kappa shape index (κ1) is 33.8. The van der Waals surface area contributed by atoms with E-state index in [0.29, 0.717) is 22.7 Å². The van der Waals surface area contributed by atoms with Gasteiger partial charge in [0.25, 0.3) is 0 Å². The van der Waals surface area contributed by atoms with Gasteiger partial charge in [-0.3, -0.25) is 0 Å². The van der Waals surface area contributed by atoms with Gasteiger partial charge in [0.2, 0.25) is 0 Å². The summed E-state index contributed by atoms with van der Waals surface area (Å²) in [7, 11) is 6.70. The molecule has 0 amide bonds. The molecule has 41 heavy (non-hydrogen) atoms. The van der Waals surface area contributed by atoms with Crippen molar-refractivity contribution in [2.24, 2.45) is 16.6 Å². The lowest BCUT2D eigenvalue weighted by Crippen LogP contribution is -2.26. The number of nitriles is 1. The number of rotatable bonds is 9. The third-order valence-electron chi connectivity index (χ3n) is 7.25. The Labute approximate surface area is 247 Å². The largest absolute Gasteiger partial charge is 0.403 e. The Morgan fingerprint density at radius 1 is 1.12 bits per heavy atom. The Morgan fingerprint density at radius 2 is 1.80 bits per heavy atom. The number of methoxy groups -OCH3 is 1. The highest BCUT2D eigenvalue weighted by Gasteiger charge is 2.16. The van der Waals surface area contributed by atoms with Crippen LogP contribution in [-0.4, -0.2) is 50.1 Å². The zero-order chi connectivity index (χ0) is 30.0. The molecule has 4 N–H and O–H groups in total. The first-order valence-corrected chi connectivity index (χ1v) is 14.6. The van der Waals surface area contributed by atoms with Crippen molar-refractivity contribution < 1.29 is 9.84 Å². The van der Waals surface area contributed by atoms with E-state index in [9.17, 15) is 0 Å². The smallest absolute Gasteiger partial charge is 0.0992 e. The van der Waals surface area contributed by atoms with E-state index in [0.717, 1.165) is 25.3 Å². The molecule has 2 aromatic carbocycles. The quantitative estimate of drug-likeness (QED) is 0.227. The molecule has 222 valence electrons. The molecule has 0 radical (unpaired) electrons. The lowest BCUT2D eigenvalue weighted by Gasteiger charge is -2.23. The highest BCUT2D eigenvalue weighted by atomic mass is 16.5. The number of hydrogen-bond donors (Lipinski definition) is 3. The van der Waals surface area contributed by atoms with Gasteiger partial charge in [-0.05, 0) is 94.9 Å². The summed E-state index contributed by atoms with van der Waals surface area (Å²) in [5.41, 5.74) is 12.3. The topological polar surface area (TPSA) is 107 Å². The third-order valence-corrected chi connectivity index (χ3v) is 7.25. The normalized spacial score (nSPS) is 16.3. The third kappa shape index (κ3) is 11.9. The Morgan fingerprint density at radius 3 is 2.34 bits per heavy atom. The Kier molecular flexibility index (Phi) is 15.5. The second kappa shape index (κ2) is 18.8. The molecular weight excluding hydrogens is 510 g/mol. The SMILES string of the molecule is C(=C1CCC1)C1CCCCC1.CO.CO[C@@H](C)C(=Nc1cccc(C#N)c1)/C(=C\N)Nc1ccc(CN(C)C)cc1. The van der Waals surface area contributed by atoms with Gasteiger partial charge in [0, 0.05) is 32.7 Å². The summed E-state index contributed by atoms with van der Waals surface area (Å²) in [6.45, 7) is 2.78. The van der Waals surface area contributed by atoms with Crippen LogP contribution in [0.5, 0.6) is 0 Å². The van der Waals surface area contributed by atoms with E-state index < -0.39 is 0 Å². The van der Waals surface area contributed by atoms with Gasteiger partial charge in [-0.15, -0.1) is 0 Å². The number of benzene rings is 2. The fourth-order valence-corrected chi connectivity index (χ4v) is 4.85. The summed E-state index contributed by atoms with van der Waals surface area (Å²) in [5, 5.41) is 19.4. The van der Waals surface area contributed by atoms with Crippen molar-refractivity contribution in [3.05, 3.63) is 83.2 Å². The average Bonchev–Trinajstić information content (AvgIpc) is 2.99. The van der Waals surface area contributed by atoms with E-state index in [1.165, 1.54) is 63.1 Å². The number of aliphatic hydroxyl groups is 1. The second-order valence-corrected chi connectivity index (χ2v) is 10.8. The molecule has 0 heterocycles. The number of hydrogen-bond acceptors (Lipinski definition) is 7. The van der Waals surface area contributed by atoms with Crippen LogP contribution in [0, 0.1) is 17.2 Å². The summed E-state index contributed by atoms with van der Waals surface area (Å²) in [6, 6.07) is 17.4. The maximum absolute atomic E-state index is 9.11. The Hall–Kier alpha value is -3.44. The molecule has 0 aliphatic heterocycles. The molecule has 2 aliphatic carbocycles. The van der Waals surface area contributed by atoms with Crippen LogP contribution in [0.3, 0.4) is 0 Å². The Bertz CT molecular complexity index is 1170. The van der Waals surface area contributed by atoms with Crippen LogP contribution in [0.4, 0.5) is 11.4 Å². The van der Waals surface area contributed by atoms with Gasteiger partial charge in [0.1, 0.15) is 0 Å². The van der Waals surface area contributed by atoms with Crippen molar-refractivity contribution in [1.82, 2.24) is 4.90 Å². The van der Waals surface area contributed by atoms with E-state index in [-0.39, 0.29) is 6.10 Å². The van der Waals surface area contributed by atoms with E-state index in [4.69, 9.17) is 20.8 Å². The number of nitrogens with two attached hydrogens (primary N) is 1. The molecule has 4 rings (SSSR count). The molecule has 0 bridgehead atoms. The fourth-order valence-electron chi connectivity index (χ4n) is 4.85. The maximum Gasteiger partial charge on any atom is 0.0992 e. The van der Waals surface area contributed by atoms with E-state index in [1.54, 1.807) is 30.9 Å². The summed E-state index contributed by atoms with van der Waals surface area (Å²) < 4.78 is 5.49. The van der Waals surface area contributed by atoms with Gasteiger partial charge in [0.05, 0.1) is 34.8 Å². The number of aliphatic imine (C=N–C) groups is 1. The van der Waals surface area contributed by atoms with Crippen LogP contribution in [-0.2, 0) is 11.3 Å². The lowest BCUT2D eigenvalue weighted by atomic mass is 9.83. The number of ether oxygens (including phenoxy) is 1. The van der Waals surface area contributed by atoms with Crippen molar-refractivity contribution in [2.75, 3.05) is 33.6 Å². The van der Waals surface area contributed by atoms with Gasteiger partial charge >= 0.3 is 0 Å². The molecule has 7 heteroatoms. The molecule has 0 saturated heterocycles. The van der Waals surface area contributed by atoms with Crippen LogP contribution in [0.25, 0.3) is 0 Å². The van der Waals surface area contributed by atoms with Crippen LogP contribution in [0.1, 0.15) is 69.4 Å². The molecule has 1 atom stereocenters. The minimum Gasteiger partial charge on any atom is -0.403 e. The van der Waals surface area contributed by atoms with Crippen molar-refractivity contribution in [3.8, 4) is 6.07 Å². The number of aliphatic hydroxyl groups excluding tert-OH is 1. The predicted molar refractivity (Wildman–Crippen MR) is 171 cm³/mol. The fraction of sp³-hybridized carbons (Fsp3) is 0.471. The van der Waals surface area contributed by atoms with Gasteiger partial charge in [-0.1, -0.05) is 49.1 Å². The zero-order valence-electron chi connectivity index (χ0n) is 25.6. The van der Waals surface area contributed by atoms with Gasteiger partial charge in [-0.25, -0.2) is 4.99 Å². The molecule has 0 aromatic heterocycles. The molecule has 2 saturated carbocycles. The molecule has 2 aromatic rings. The summed E-state index contributed by atoms with van der Waals surface area (Å²) in [4.78, 5) is 6.80. The summed E-state index contributed by atoms with van der Waals surface area (Å²) >= 11 is 0. The standard InChI is InChI=1S/C22H27N5O.C11H18.CH4O/c1-16(28-4)22(26-20-7-5-6-18(12-20)13-23)21(14-24)25-19-10-8-17(9-11-19)15-27(2)3;1-2-5-10(6-3-1)9-11-7-4-8-11;1-2/h5-12,14,16,25H,15,24H2,1-4H3;9-10H,1-8H2;2H,1H3/b21-14+,26-22?;;/t16-;;/m0../s1. The molecular formula is C34H49N5O2. The van der Waals surface area contributed by atoms with Crippen molar-refractivity contribution in [1.29, 1.82) is 5.26 Å². The van der Waals surface area contributed by atoms with Crippen LogP contribution >= 0.6 is 0 Å². The molecule has 0 unspecified atom stereocenters. The molecule has 0 spiro atoms. The lowest BCUT2D eigenvalue weighted by molar-refractivity contribution is 0.171.